The third kappa shape index (κ3) is 12.5. The van der Waals surface area contributed by atoms with E-state index in [2.05, 4.69) is 20.9 Å². The van der Waals surface area contributed by atoms with Crippen LogP contribution in [0.1, 0.15) is 64.7 Å². The van der Waals surface area contributed by atoms with E-state index < -0.39 is 53.1 Å². The number of urea groups is 1. The number of benzene rings is 3. The molecular weight excluding hydrogens is 773 g/mol. The van der Waals surface area contributed by atoms with Gasteiger partial charge in [-0.2, -0.15) is 0 Å². The Morgan fingerprint density at radius 3 is 2.03 bits per heavy atom. The SMILES string of the molecule is COC(=O)N[C@H](C(=O)N[C@@H](Cc1ccc(-c2ccccn2)cc1)C[C@H](O)[C@H](Cc1ccccc1)NC(=O)[C@@H](N1CCN(Cc2ccccc2OC)C1=O)C(C)(C)C)C(C)(C)C. The van der Waals surface area contributed by atoms with Crippen LogP contribution in [0, 0.1) is 10.8 Å². The van der Waals surface area contributed by atoms with Crippen LogP contribution in [-0.4, -0.2) is 101 Å². The first kappa shape index (κ1) is 46.1. The molecule has 1 aliphatic heterocycles. The Morgan fingerprint density at radius 1 is 0.754 bits per heavy atom. The van der Waals surface area contributed by atoms with Gasteiger partial charge in [0.05, 0.1) is 38.6 Å². The van der Waals surface area contributed by atoms with Gasteiger partial charge in [-0.25, -0.2) is 9.59 Å². The number of hydrogen-bond donors (Lipinski definition) is 4. The van der Waals surface area contributed by atoms with E-state index in [-0.39, 0.29) is 24.8 Å². The van der Waals surface area contributed by atoms with Gasteiger partial charge in [-0.3, -0.25) is 14.6 Å². The van der Waals surface area contributed by atoms with Crippen LogP contribution in [0.2, 0.25) is 0 Å². The van der Waals surface area contributed by atoms with E-state index in [1.165, 1.54) is 7.11 Å². The van der Waals surface area contributed by atoms with E-state index in [0.29, 0.717) is 31.8 Å². The van der Waals surface area contributed by atoms with Gasteiger partial charge in [-0.05, 0) is 59.4 Å². The first-order valence-electron chi connectivity index (χ1n) is 20.8. The normalized spacial score (nSPS) is 15.6. The minimum absolute atomic E-state index is 0.0517. The van der Waals surface area contributed by atoms with Crippen LogP contribution in [0.5, 0.6) is 5.75 Å². The van der Waals surface area contributed by atoms with E-state index in [9.17, 15) is 24.3 Å². The summed E-state index contributed by atoms with van der Waals surface area (Å²) in [6.07, 6.45) is 0.514. The fourth-order valence-electron chi connectivity index (χ4n) is 7.86. The average Bonchev–Trinajstić information content (AvgIpc) is 3.57. The molecule has 4 aromatic rings. The topological polar surface area (TPSA) is 162 Å². The summed E-state index contributed by atoms with van der Waals surface area (Å²) in [7, 11) is 2.84. The average molecular weight is 835 g/mol. The Morgan fingerprint density at radius 2 is 1.41 bits per heavy atom. The largest absolute Gasteiger partial charge is 0.496 e. The Balaban J connectivity index is 1.42. The number of carbonyl (C=O) groups is 4. The Labute approximate surface area is 360 Å². The zero-order chi connectivity index (χ0) is 44.3. The molecule has 5 rings (SSSR count). The number of aliphatic hydroxyl groups is 1. The van der Waals surface area contributed by atoms with Crippen molar-refractivity contribution in [2.24, 2.45) is 10.8 Å². The molecule has 1 saturated heterocycles. The first-order valence-corrected chi connectivity index (χ1v) is 20.8. The van der Waals surface area contributed by atoms with Crippen molar-refractivity contribution < 1.29 is 33.8 Å². The van der Waals surface area contributed by atoms with Crippen molar-refractivity contribution in [3.8, 4) is 17.0 Å². The number of alkyl carbamates (subject to hydrolysis) is 1. The highest BCUT2D eigenvalue weighted by Crippen LogP contribution is 2.30. The highest BCUT2D eigenvalue weighted by molar-refractivity contribution is 5.89. The number of pyridine rings is 1. The van der Waals surface area contributed by atoms with Crippen LogP contribution in [0.4, 0.5) is 9.59 Å². The number of hydrogen-bond acceptors (Lipinski definition) is 8. The number of carbonyl (C=O) groups excluding carboxylic acids is 4. The van der Waals surface area contributed by atoms with Gasteiger partial charge in [0.15, 0.2) is 0 Å². The molecule has 5 atom stereocenters. The molecule has 61 heavy (non-hydrogen) atoms. The predicted octanol–water partition coefficient (Wildman–Crippen LogP) is 6.39. The smallest absolute Gasteiger partial charge is 0.407 e. The summed E-state index contributed by atoms with van der Waals surface area (Å²) >= 11 is 0. The number of para-hydroxylation sites is 1. The third-order valence-corrected chi connectivity index (χ3v) is 11.0. The van der Waals surface area contributed by atoms with Gasteiger partial charge in [0, 0.05) is 36.5 Å². The number of ether oxygens (including phenoxy) is 2. The van der Waals surface area contributed by atoms with E-state index in [4.69, 9.17) is 9.47 Å². The molecule has 2 heterocycles. The minimum Gasteiger partial charge on any atom is -0.496 e. The lowest BCUT2D eigenvalue weighted by Crippen LogP contribution is -2.59. The number of nitrogens with zero attached hydrogens (tertiary/aromatic N) is 3. The summed E-state index contributed by atoms with van der Waals surface area (Å²) in [6, 6.07) is 27.2. The van der Waals surface area contributed by atoms with Crippen molar-refractivity contribution in [1.29, 1.82) is 0 Å². The predicted molar refractivity (Wildman–Crippen MR) is 236 cm³/mol. The van der Waals surface area contributed by atoms with Crippen molar-refractivity contribution in [2.45, 2.75) is 97.6 Å². The Hall–Kier alpha value is -5.95. The summed E-state index contributed by atoms with van der Waals surface area (Å²) in [5.41, 5.74) is 3.04. The van der Waals surface area contributed by atoms with Crippen LogP contribution in [0.15, 0.2) is 103 Å². The molecule has 4 N–H and O–H groups in total. The molecule has 0 unspecified atom stereocenters. The van der Waals surface area contributed by atoms with Crippen LogP contribution in [0.25, 0.3) is 11.3 Å². The maximum atomic E-state index is 14.6. The number of aliphatic hydroxyl groups excluding tert-OH is 1. The lowest BCUT2D eigenvalue weighted by molar-refractivity contribution is -0.131. The zero-order valence-corrected chi connectivity index (χ0v) is 36.7. The van der Waals surface area contributed by atoms with Gasteiger partial charge in [0.25, 0.3) is 0 Å². The number of methoxy groups -OCH3 is 2. The molecular formula is C48H62N6O7. The van der Waals surface area contributed by atoms with Gasteiger partial charge in [0.1, 0.15) is 17.8 Å². The van der Waals surface area contributed by atoms with Gasteiger partial charge >= 0.3 is 12.1 Å². The monoisotopic (exact) mass is 834 g/mol. The Kier molecular flexibility index (Phi) is 15.5. The van der Waals surface area contributed by atoms with Crippen molar-refractivity contribution >= 4 is 23.9 Å². The molecule has 1 aromatic heterocycles. The molecule has 0 aliphatic carbocycles. The summed E-state index contributed by atoms with van der Waals surface area (Å²) in [5, 5.41) is 21.2. The number of aromatic nitrogens is 1. The fourth-order valence-corrected chi connectivity index (χ4v) is 7.86. The number of rotatable bonds is 17. The fraction of sp³-hybridized carbons (Fsp3) is 0.438. The molecule has 326 valence electrons. The standard InChI is InChI=1S/C48H62N6O7/c1-47(2,3)41(52-45(58)61-8)43(56)50-36(28-33-21-23-34(24-22-33)37-19-14-15-25-49-37)30-39(55)38(29-32-16-10-9-11-17-32)51-44(57)42(48(4,5)6)54-27-26-53(46(54)59)31-35-18-12-13-20-40(35)60-7/h9-25,36,38-39,41-42,55H,26-31H2,1-8H3,(H,50,56)(H,51,57)(H,52,58)/t36-,38-,39-,41+,42+/m0/s1. The summed E-state index contributed by atoms with van der Waals surface area (Å²) in [5.74, 6) is -0.149. The van der Waals surface area contributed by atoms with Crippen molar-refractivity contribution in [3.05, 3.63) is 120 Å². The quantitative estimate of drug-likeness (QED) is 0.0953. The second-order valence-electron chi connectivity index (χ2n) is 17.8. The second kappa shape index (κ2) is 20.5. The third-order valence-electron chi connectivity index (χ3n) is 11.0. The van der Waals surface area contributed by atoms with Crippen molar-refractivity contribution in [1.82, 2.24) is 30.7 Å². The molecule has 13 heteroatoms. The molecule has 1 aliphatic rings. The lowest BCUT2D eigenvalue weighted by Gasteiger charge is -2.38. The summed E-state index contributed by atoms with van der Waals surface area (Å²) in [4.78, 5) is 62.9. The van der Waals surface area contributed by atoms with E-state index in [0.717, 1.165) is 27.9 Å². The zero-order valence-electron chi connectivity index (χ0n) is 36.7. The van der Waals surface area contributed by atoms with Gasteiger partial charge in [-0.1, -0.05) is 120 Å². The molecule has 3 aromatic carbocycles. The van der Waals surface area contributed by atoms with E-state index in [1.807, 2.05) is 139 Å². The maximum Gasteiger partial charge on any atom is 0.407 e. The lowest BCUT2D eigenvalue weighted by atomic mass is 9.84. The molecule has 0 spiro atoms. The van der Waals surface area contributed by atoms with Gasteiger partial charge in [-0.15, -0.1) is 0 Å². The minimum atomic E-state index is -1.15. The molecule has 0 saturated carbocycles. The molecule has 0 bridgehead atoms. The molecule has 5 amide bonds. The maximum absolute atomic E-state index is 14.6. The van der Waals surface area contributed by atoms with Crippen LogP contribution in [0.3, 0.4) is 0 Å². The van der Waals surface area contributed by atoms with Crippen molar-refractivity contribution in [3.63, 3.8) is 0 Å². The first-order chi connectivity index (χ1) is 29.0. The number of nitrogens with one attached hydrogen (secondary N) is 3. The number of amides is 5. The van der Waals surface area contributed by atoms with Crippen LogP contribution in [-0.2, 0) is 33.7 Å². The summed E-state index contributed by atoms with van der Waals surface area (Å²) < 4.78 is 10.4. The van der Waals surface area contributed by atoms with Gasteiger partial charge in [0.2, 0.25) is 11.8 Å². The Bertz CT molecular complexity index is 2070. The highest BCUT2D eigenvalue weighted by Gasteiger charge is 2.44. The van der Waals surface area contributed by atoms with Crippen molar-refractivity contribution in [2.75, 3.05) is 27.3 Å². The highest BCUT2D eigenvalue weighted by atomic mass is 16.5. The van der Waals surface area contributed by atoms with Crippen LogP contribution >= 0.6 is 0 Å². The van der Waals surface area contributed by atoms with Crippen LogP contribution < -0.4 is 20.7 Å². The van der Waals surface area contributed by atoms with E-state index >= 15 is 0 Å². The molecule has 0 radical (unpaired) electrons. The molecule has 1 fully saturated rings. The van der Waals surface area contributed by atoms with Gasteiger partial charge < -0.3 is 40.3 Å². The second-order valence-corrected chi connectivity index (χ2v) is 17.8. The van der Waals surface area contributed by atoms with E-state index in [1.54, 1.807) is 23.1 Å². The molecule has 13 nitrogen and oxygen atoms in total. The summed E-state index contributed by atoms with van der Waals surface area (Å²) in [6.45, 7) is 12.4.